The maximum Gasteiger partial charge on any atom is 0.341 e. The van der Waals surface area contributed by atoms with Gasteiger partial charge in [0, 0.05) is 11.1 Å². The fourth-order valence-corrected chi connectivity index (χ4v) is 4.58. The van der Waals surface area contributed by atoms with Crippen molar-refractivity contribution in [1.82, 2.24) is 0 Å². The van der Waals surface area contributed by atoms with Gasteiger partial charge in [-0.25, -0.2) is 9.18 Å². The third-order valence-corrected chi connectivity index (χ3v) is 6.41. The first kappa shape index (κ1) is 24.4. The number of carbonyl (C=O) groups excluding carboxylic acids is 1. The second-order valence-corrected chi connectivity index (χ2v) is 8.72. The van der Waals surface area contributed by atoms with E-state index >= 15 is 4.39 Å². The first-order chi connectivity index (χ1) is 18.0. The number of esters is 1. The van der Waals surface area contributed by atoms with E-state index in [0.717, 1.165) is 22.1 Å². The van der Waals surface area contributed by atoms with Gasteiger partial charge in [0.25, 0.3) is 0 Å². The van der Waals surface area contributed by atoms with E-state index in [1.165, 1.54) is 13.2 Å². The number of hydrogen-bond acceptors (Lipinski definition) is 5. The van der Waals surface area contributed by atoms with Crippen molar-refractivity contribution in [2.75, 3.05) is 20.8 Å². The molecule has 188 valence electrons. The molecule has 0 aliphatic carbocycles. The summed E-state index contributed by atoms with van der Waals surface area (Å²) >= 11 is 0. The molecule has 1 unspecified atom stereocenters. The minimum Gasteiger partial charge on any atom is -0.497 e. The predicted octanol–water partition coefficient (Wildman–Crippen LogP) is 7.13. The van der Waals surface area contributed by atoms with Crippen LogP contribution in [0, 0.1) is 5.82 Å². The lowest BCUT2D eigenvalue weighted by atomic mass is 9.87. The molecule has 5 rings (SSSR count). The Hall–Kier alpha value is -4.32. The standard InChI is InChI=1S/C31H27FO5/c1-4-15-36-31(33)25-17-23-20(16-29(25)35-3)11-14-27-30(23)24(22-7-5-6-8-26(22)32)18-28(37-27)19-9-12-21(34-2)13-10-19/h5-14,16-18,28H,4,15H2,1-3H3. The molecular weight excluding hydrogens is 471 g/mol. The Balaban J connectivity index is 1.72. The van der Waals surface area contributed by atoms with E-state index in [4.69, 9.17) is 18.9 Å². The molecule has 37 heavy (non-hydrogen) atoms. The molecule has 5 nitrogen and oxygen atoms in total. The molecule has 6 heteroatoms. The molecule has 0 saturated heterocycles. The number of benzene rings is 4. The van der Waals surface area contributed by atoms with Crippen molar-refractivity contribution in [2.45, 2.75) is 19.4 Å². The minimum absolute atomic E-state index is 0.306. The summed E-state index contributed by atoms with van der Waals surface area (Å²) in [5.74, 6) is 0.927. The zero-order valence-electron chi connectivity index (χ0n) is 20.9. The average molecular weight is 499 g/mol. The van der Waals surface area contributed by atoms with E-state index in [0.29, 0.717) is 46.8 Å². The van der Waals surface area contributed by atoms with Crippen molar-refractivity contribution >= 4 is 22.3 Å². The quantitative estimate of drug-likeness (QED) is 0.254. The van der Waals surface area contributed by atoms with Gasteiger partial charge in [-0.15, -0.1) is 0 Å². The monoisotopic (exact) mass is 498 g/mol. The lowest BCUT2D eigenvalue weighted by Gasteiger charge is -2.28. The third-order valence-electron chi connectivity index (χ3n) is 6.41. The number of carbonyl (C=O) groups is 1. The fourth-order valence-electron chi connectivity index (χ4n) is 4.58. The Morgan fingerprint density at radius 2 is 1.76 bits per heavy atom. The molecule has 0 amide bonds. The van der Waals surface area contributed by atoms with Crippen molar-refractivity contribution in [1.29, 1.82) is 0 Å². The first-order valence-electron chi connectivity index (χ1n) is 12.1. The normalized spacial score (nSPS) is 14.4. The maximum absolute atomic E-state index is 15.2. The van der Waals surface area contributed by atoms with E-state index in [1.807, 2.05) is 49.4 Å². The third kappa shape index (κ3) is 4.62. The van der Waals surface area contributed by atoms with Crippen LogP contribution < -0.4 is 14.2 Å². The van der Waals surface area contributed by atoms with Crippen LogP contribution >= 0.6 is 0 Å². The molecule has 0 bridgehead atoms. The van der Waals surface area contributed by atoms with Crippen LogP contribution in [0.4, 0.5) is 4.39 Å². The van der Waals surface area contributed by atoms with Gasteiger partial charge in [0.15, 0.2) is 0 Å². The Morgan fingerprint density at radius 3 is 2.46 bits per heavy atom. The number of fused-ring (bicyclic) bond motifs is 3. The second kappa shape index (κ2) is 10.3. The van der Waals surface area contributed by atoms with Crippen LogP contribution in [0.3, 0.4) is 0 Å². The fraction of sp³-hybridized carbons (Fsp3) is 0.194. The highest BCUT2D eigenvalue weighted by Crippen LogP contribution is 2.45. The van der Waals surface area contributed by atoms with Crippen molar-refractivity contribution in [2.24, 2.45) is 0 Å². The Morgan fingerprint density at radius 1 is 0.973 bits per heavy atom. The lowest BCUT2D eigenvalue weighted by Crippen LogP contribution is -2.13. The minimum atomic E-state index is -0.470. The van der Waals surface area contributed by atoms with Crippen LogP contribution in [-0.4, -0.2) is 26.8 Å². The van der Waals surface area contributed by atoms with Gasteiger partial charge in [0.2, 0.25) is 0 Å². The highest BCUT2D eigenvalue weighted by atomic mass is 19.1. The molecule has 1 atom stereocenters. The highest BCUT2D eigenvalue weighted by molar-refractivity contribution is 6.05. The predicted molar refractivity (Wildman–Crippen MR) is 141 cm³/mol. The zero-order chi connectivity index (χ0) is 25.9. The molecular formula is C31H27FO5. The Bertz CT molecular complexity index is 1490. The van der Waals surface area contributed by atoms with Gasteiger partial charge in [-0.1, -0.05) is 43.3 Å². The van der Waals surface area contributed by atoms with Gasteiger partial charge in [0.05, 0.1) is 20.8 Å². The van der Waals surface area contributed by atoms with Gasteiger partial charge in [-0.3, -0.25) is 0 Å². The summed E-state index contributed by atoms with van der Waals surface area (Å²) in [7, 11) is 3.13. The molecule has 1 heterocycles. The van der Waals surface area contributed by atoms with Gasteiger partial charge in [-0.05, 0) is 70.8 Å². The lowest BCUT2D eigenvalue weighted by molar-refractivity contribution is 0.0501. The second-order valence-electron chi connectivity index (χ2n) is 8.72. The number of hydrogen-bond donors (Lipinski definition) is 0. The molecule has 1 aliphatic heterocycles. The van der Waals surface area contributed by atoms with Crippen LogP contribution in [0.15, 0.2) is 78.9 Å². The number of rotatable bonds is 7. The van der Waals surface area contributed by atoms with Gasteiger partial charge >= 0.3 is 5.97 Å². The molecule has 0 radical (unpaired) electrons. The molecule has 4 aromatic rings. The molecule has 0 spiro atoms. The number of ether oxygens (including phenoxy) is 4. The summed E-state index contributed by atoms with van der Waals surface area (Å²) in [5.41, 5.74) is 3.05. The van der Waals surface area contributed by atoms with Crippen LogP contribution in [0.5, 0.6) is 17.2 Å². The average Bonchev–Trinajstić information content (AvgIpc) is 2.94. The van der Waals surface area contributed by atoms with Crippen molar-refractivity contribution in [3.05, 3.63) is 107 Å². The maximum atomic E-state index is 15.2. The van der Waals surface area contributed by atoms with Crippen LogP contribution in [-0.2, 0) is 4.74 Å². The van der Waals surface area contributed by atoms with Crippen molar-refractivity contribution in [3.63, 3.8) is 0 Å². The van der Waals surface area contributed by atoms with Crippen molar-refractivity contribution in [3.8, 4) is 17.2 Å². The SMILES string of the molecule is CCCOC(=O)c1cc2c3c(ccc2cc1OC)OC(c1ccc(OC)cc1)C=C3c1ccccc1F. The first-order valence-corrected chi connectivity index (χ1v) is 12.1. The van der Waals surface area contributed by atoms with E-state index in [2.05, 4.69) is 0 Å². The number of methoxy groups -OCH3 is 2. The summed E-state index contributed by atoms with van der Waals surface area (Å²) in [5, 5.41) is 1.57. The van der Waals surface area contributed by atoms with E-state index < -0.39 is 12.1 Å². The van der Waals surface area contributed by atoms with E-state index in [-0.39, 0.29) is 5.82 Å². The topological polar surface area (TPSA) is 54.0 Å². The molecule has 0 fully saturated rings. The van der Waals surface area contributed by atoms with Gasteiger partial charge in [0.1, 0.15) is 34.7 Å². The molecule has 1 aliphatic rings. The van der Waals surface area contributed by atoms with Crippen LogP contribution in [0.2, 0.25) is 0 Å². The Labute approximate surface area is 215 Å². The van der Waals surface area contributed by atoms with Gasteiger partial charge in [-0.2, -0.15) is 0 Å². The van der Waals surface area contributed by atoms with Crippen LogP contribution in [0.1, 0.15) is 46.5 Å². The summed E-state index contributed by atoms with van der Waals surface area (Å²) < 4.78 is 37.8. The molecule has 0 N–H and O–H groups in total. The molecule has 4 aromatic carbocycles. The van der Waals surface area contributed by atoms with Crippen LogP contribution in [0.25, 0.3) is 16.3 Å². The summed E-state index contributed by atoms with van der Waals surface area (Å²) in [6.07, 6.45) is 2.18. The summed E-state index contributed by atoms with van der Waals surface area (Å²) in [6.45, 7) is 2.24. The summed E-state index contributed by atoms with van der Waals surface area (Å²) in [4.78, 5) is 12.9. The van der Waals surface area contributed by atoms with E-state index in [9.17, 15) is 4.79 Å². The summed E-state index contributed by atoms with van der Waals surface area (Å²) in [6, 6.07) is 21.6. The van der Waals surface area contributed by atoms with Gasteiger partial charge < -0.3 is 18.9 Å². The Kier molecular flexibility index (Phi) is 6.82. The largest absolute Gasteiger partial charge is 0.497 e. The zero-order valence-corrected chi connectivity index (χ0v) is 20.9. The number of halogens is 1. The molecule has 0 saturated carbocycles. The van der Waals surface area contributed by atoms with E-state index in [1.54, 1.807) is 37.4 Å². The smallest absolute Gasteiger partial charge is 0.341 e. The molecule has 0 aromatic heterocycles. The van der Waals surface area contributed by atoms with Crippen molar-refractivity contribution < 1.29 is 28.1 Å². The highest BCUT2D eigenvalue weighted by Gasteiger charge is 2.28.